The maximum Gasteiger partial charge on any atom is 0.191 e. The highest BCUT2D eigenvalue weighted by Gasteiger charge is 2.05. The highest BCUT2D eigenvalue weighted by atomic mass is 127. The second-order valence-corrected chi connectivity index (χ2v) is 5.53. The molecule has 0 fully saturated rings. The predicted molar refractivity (Wildman–Crippen MR) is 111 cm³/mol. The van der Waals surface area contributed by atoms with E-state index in [9.17, 15) is 0 Å². The van der Waals surface area contributed by atoms with Gasteiger partial charge in [-0.3, -0.25) is 4.99 Å². The zero-order chi connectivity index (χ0) is 16.5. The van der Waals surface area contributed by atoms with Crippen molar-refractivity contribution >= 4 is 29.9 Å². The van der Waals surface area contributed by atoms with Crippen molar-refractivity contribution in [3.05, 3.63) is 65.7 Å². The Hall–Kier alpha value is -1.76. The highest BCUT2D eigenvalue weighted by molar-refractivity contribution is 14.0. The highest BCUT2D eigenvalue weighted by Crippen LogP contribution is 2.12. The number of aliphatic imine (C=N–C) groups is 1. The molecule has 0 bridgehead atoms. The van der Waals surface area contributed by atoms with Crippen LogP contribution in [0.25, 0.3) is 0 Å². The summed E-state index contributed by atoms with van der Waals surface area (Å²) >= 11 is 0. The molecule has 0 aliphatic heterocycles. The van der Waals surface area contributed by atoms with E-state index in [0.29, 0.717) is 6.54 Å². The Kier molecular flexibility index (Phi) is 9.22. The van der Waals surface area contributed by atoms with Crippen molar-refractivity contribution in [2.45, 2.75) is 26.5 Å². The molecule has 130 valence electrons. The van der Waals surface area contributed by atoms with Crippen molar-refractivity contribution in [3.63, 3.8) is 0 Å². The van der Waals surface area contributed by atoms with Gasteiger partial charge < -0.3 is 15.4 Å². The topological polar surface area (TPSA) is 45.7 Å². The second-order valence-electron chi connectivity index (χ2n) is 5.53. The van der Waals surface area contributed by atoms with Crippen LogP contribution in [0.1, 0.15) is 18.1 Å². The molecule has 0 amide bonds. The quantitative estimate of drug-likeness (QED) is 0.410. The first-order chi connectivity index (χ1) is 11.2. The number of hydrogen-bond acceptors (Lipinski definition) is 2. The third kappa shape index (κ3) is 7.21. The third-order valence-electron chi connectivity index (χ3n) is 3.44. The van der Waals surface area contributed by atoms with E-state index in [0.717, 1.165) is 18.3 Å². The van der Waals surface area contributed by atoms with Crippen molar-refractivity contribution in [3.8, 4) is 5.75 Å². The van der Waals surface area contributed by atoms with Crippen LogP contribution in [0.15, 0.2) is 59.6 Å². The predicted octanol–water partition coefficient (Wildman–Crippen LogP) is 3.75. The second kappa shape index (κ2) is 10.9. The lowest BCUT2D eigenvalue weighted by Crippen LogP contribution is -2.41. The van der Waals surface area contributed by atoms with Crippen molar-refractivity contribution < 1.29 is 4.74 Å². The van der Waals surface area contributed by atoms with Crippen LogP contribution in [-0.2, 0) is 6.54 Å². The van der Waals surface area contributed by atoms with Crippen LogP contribution in [0, 0.1) is 6.92 Å². The summed E-state index contributed by atoms with van der Waals surface area (Å²) in [4.78, 5) is 4.23. The Morgan fingerprint density at radius 3 is 2.33 bits per heavy atom. The van der Waals surface area contributed by atoms with Gasteiger partial charge >= 0.3 is 0 Å². The van der Waals surface area contributed by atoms with Crippen molar-refractivity contribution in [1.82, 2.24) is 10.6 Å². The summed E-state index contributed by atoms with van der Waals surface area (Å²) in [6.45, 7) is 5.53. The molecule has 0 saturated heterocycles. The lowest BCUT2D eigenvalue weighted by atomic mass is 10.2. The van der Waals surface area contributed by atoms with E-state index in [-0.39, 0.29) is 30.1 Å². The number of benzene rings is 2. The summed E-state index contributed by atoms with van der Waals surface area (Å²) in [5, 5.41) is 6.58. The summed E-state index contributed by atoms with van der Waals surface area (Å²) in [7, 11) is 1.77. The number of nitrogens with zero attached hydrogens (tertiary/aromatic N) is 1. The van der Waals surface area contributed by atoms with E-state index in [1.165, 1.54) is 11.1 Å². The van der Waals surface area contributed by atoms with Gasteiger partial charge in [-0.15, -0.1) is 24.0 Å². The maximum absolute atomic E-state index is 5.88. The normalized spacial score (nSPS) is 12.0. The van der Waals surface area contributed by atoms with Gasteiger partial charge in [0.1, 0.15) is 11.9 Å². The molecule has 2 N–H and O–H groups in total. The van der Waals surface area contributed by atoms with E-state index in [1.54, 1.807) is 7.05 Å². The van der Waals surface area contributed by atoms with Gasteiger partial charge in [0.05, 0.1) is 6.54 Å². The number of ether oxygens (including phenoxy) is 1. The lowest BCUT2D eigenvalue weighted by Gasteiger charge is -2.18. The number of rotatable bonds is 6. The fourth-order valence-electron chi connectivity index (χ4n) is 2.13. The first-order valence-electron chi connectivity index (χ1n) is 7.89. The molecule has 0 saturated carbocycles. The molecule has 0 aromatic heterocycles. The zero-order valence-corrected chi connectivity index (χ0v) is 16.8. The fourth-order valence-corrected chi connectivity index (χ4v) is 2.13. The summed E-state index contributed by atoms with van der Waals surface area (Å²) in [5.41, 5.74) is 2.45. The minimum absolute atomic E-state index is 0. The van der Waals surface area contributed by atoms with Crippen LogP contribution < -0.4 is 15.4 Å². The minimum atomic E-state index is 0. The van der Waals surface area contributed by atoms with Gasteiger partial charge in [0.25, 0.3) is 0 Å². The number of halogens is 1. The Morgan fingerprint density at radius 2 is 1.71 bits per heavy atom. The minimum Gasteiger partial charge on any atom is -0.489 e. The molecule has 4 nitrogen and oxygen atoms in total. The van der Waals surface area contributed by atoms with Gasteiger partial charge in [0, 0.05) is 13.6 Å². The van der Waals surface area contributed by atoms with Crippen molar-refractivity contribution in [1.29, 1.82) is 0 Å². The molecule has 1 unspecified atom stereocenters. The monoisotopic (exact) mass is 439 g/mol. The van der Waals surface area contributed by atoms with E-state index in [2.05, 4.69) is 46.8 Å². The smallest absolute Gasteiger partial charge is 0.191 e. The Morgan fingerprint density at radius 1 is 1.04 bits per heavy atom. The average Bonchev–Trinajstić information content (AvgIpc) is 2.58. The molecule has 2 aromatic rings. The Labute approximate surface area is 161 Å². The van der Waals surface area contributed by atoms with E-state index in [1.807, 2.05) is 37.3 Å². The van der Waals surface area contributed by atoms with Crippen LogP contribution >= 0.6 is 24.0 Å². The van der Waals surface area contributed by atoms with Crippen LogP contribution in [0.5, 0.6) is 5.75 Å². The summed E-state index contributed by atoms with van der Waals surface area (Å²) in [6.07, 6.45) is 0.0491. The molecule has 0 aliphatic carbocycles. The third-order valence-corrected chi connectivity index (χ3v) is 3.44. The fraction of sp³-hybridized carbons (Fsp3) is 0.316. The molecule has 2 rings (SSSR count). The van der Waals surface area contributed by atoms with Crippen molar-refractivity contribution in [2.24, 2.45) is 4.99 Å². The summed E-state index contributed by atoms with van der Waals surface area (Å²) in [6, 6.07) is 18.3. The molecular weight excluding hydrogens is 413 g/mol. The van der Waals surface area contributed by atoms with E-state index in [4.69, 9.17) is 4.74 Å². The standard InChI is InChI=1S/C19H25N3O.HI/c1-15-9-11-18(12-10-15)23-16(2)13-21-19(20-3)22-14-17-7-5-4-6-8-17;/h4-12,16H,13-14H2,1-3H3,(H2,20,21,22);1H. The molecular formula is C19H26IN3O. The number of aryl methyl sites for hydroxylation is 1. The molecule has 0 radical (unpaired) electrons. The van der Waals surface area contributed by atoms with Crippen LogP contribution in [0.4, 0.5) is 0 Å². The molecule has 5 heteroatoms. The maximum atomic E-state index is 5.88. The molecule has 0 aliphatic rings. The van der Waals surface area contributed by atoms with Crippen LogP contribution in [0.3, 0.4) is 0 Å². The van der Waals surface area contributed by atoms with Crippen molar-refractivity contribution in [2.75, 3.05) is 13.6 Å². The molecule has 2 aromatic carbocycles. The Bertz CT molecular complexity index is 614. The lowest BCUT2D eigenvalue weighted by molar-refractivity contribution is 0.224. The number of guanidine groups is 1. The van der Waals surface area contributed by atoms with Gasteiger partial charge in [0.15, 0.2) is 5.96 Å². The number of nitrogens with one attached hydrogen (secondary N) is 2. The SMILES string of the molecule is CN=C(NCc1ccccc1)NCC(C)Oc1ccc(C)cc1.I. The summed E-state index contributed by atoms with van der Waals surface area (Å²) < 4.78 is 5.88. The molecule has 0 heterocycles. The average molecular weight is 439 g/mol. The molecule has 0 spiro atoms. The van der Waals surface area contributed by atoms with E-state index < -0.39 is 0 Å². The van der Waals surface area contributed by atoms with Gasteiger partial charge in [-0.2, -0.15) is 0 Å². The number of hydrogen-bond donors (Lipinski definition) is 2. The van der Waals surface area contributed by atoms with Gasteiger partial charge in [-0.1, -0.05) is 48.0 Å². The first kappa shape index (κ1) is 20.3. The molecule has 1 atom stereocenters. The van der Waals surface area contributed by atoms with Gasteiger partial charge in [0.2, 0.25) is 0 Å². The van der Waals surface area contributed by atoms with E-state index >= 15 is 0 Å². The van der Waals surface area contributed by atoms with Gasteiger partial charge in [-0.25, -0.2) is 0 Å². The summed E-state index contributed by atoms with van der Waals surface area (Å²) in [5.74, 6) is 1.66. The van der Waals surface area contributed by atoms with Crippen LogP contribution in [0.2, 0.25) is 0 Å². The Balaban J connectivity index is 0.00000288. The largest absolute Gasteiger partial charge is 0.489 e. The first-order valence-corrected chi connectivity index (χ1v) is 7.89. The molecule has 24 heavy (non-hydrogen) atoms. The van der Waals surface area contributed by atoms with Crippen LogP contribution in [-0.4, -0.2) is 25.7 Å². The van der Waals surface area contributed by atoms with Gasteiger partial charge in [-0.05, 0) is 31.5 Å². The zero-order valence-electron chi connectivity index (χ0n) is 14.5.